The van der Waals surface area contributed by atoms with Crippen molar-refractivity contribution >= 4 is 5.91 Å². The maximum absolute atomic E-state index is 11.8. The van der Waals surface area contributed by atoms with E-state index in [0.717, 1.165) is 22.8 Å². The highest BCUT2D eigenvalue weighted by atomic mass is 16.7. The van der Waals surface area contributed by atoms with Crippen LogP contribution in [0, 0.1) is 0 Å². The Morgan fingerprint density at radius 1 is 1.13 bits per heavy atom. The molecule has 1 aliphatic rings. The Morgan fingerprint density at radius 2 is 2.04 bits per heavy atom. The molecule has 2 N–H and O–H groups in total. The van der Waals surface area contributed by atoms with Gasteiger partial charge in [0.1, 0.15) is 0 Å². The van der Waals surface area contributed by atoms with Crippen molar-refractivity contribution < 1.29 is 14.3 Å². The van der Waals surface area contributed by atoms with Gasteiger partial charge in [-0.25, -0.2) is 0 Å². The fourth-order valence-electron chi connectivity index (χ4n) is 2.27. The second-order valence-electron chi connectivity index (χ2n) is 5.21. The van der Waals surface area contributed by atoms with Gasteiger partial charge in [0, 0.05) is 25.7 Å². The molecule has 3 rings (SSSR count). The first-order valence-corrected chi connectivity index (χ1v) is 7.57. The summed E-state index contributed by atoms with van der Waals surface area (Å²) in [6.07, 6.45) is 2.14. The zero-order valence-electron chi connectivity index (χ0n) is 12.7. The number of nitrogens with one attached hydrogen (secondary N) is 2. The SMILES string of the molecule is O=C(CCNCc1ccc2c(c1)OCO2)NCc1ccccn1. The van der Waals surface area contributed by atoms with Gasteiger partial charge in [-0.2, -0.15) is 0 Å². The fourth-order valence-corrected chi connectivity index (χ4v) is 2.27. The van der Waals surface area contributed by atoms with Crippen molar-refractivity contribution in [3.8, 4) is 11.5 Å². The van der Waals surface area contributed by atoms with Crippen LogP contribution in [0.25, 0.3) is 0 Å². The quantitative estimate of drug-likeness (QED) is 0.760. The summed E-state index contributed by atoms with van der Waals surface area (Å²) in [6.45, 7) is 2.04. The molecule has 0 aliphatic carbocycles. The summed E-state index contributed by atoms with van der Waals surface area (Å²) >= 11 is 0. The zero-order chi connectivity index (χ0) is 15.9. The Hall–Kier alpha value is -2.60. The molecule has 1 aromatic heterocycles. The standard InChI is InChI=1S/C17H19N3O3/c21-17(20-11-14-3-1-2-7-19-14)6-8-18-10-13-4-5-15-16(9-13)23-12-22-15/h1-5,7,9,18H,6,8,10-12H2,(H,20,21). The molecular formula is C17H19N3O3. The molecule has 1 aromatic carbocycles. The monoisotopic (exact) mass is 313 g/mol. The average molecular weight is 313 g/mol. The van der Waals surface area contributed by atoms with Crippen LogP contribution in [0.15, 0.2) is 42.6 Å². The maximum Gasteiger partial charge on any atom is 0.231 e. The van der Waals surface area contributed by atoms with Gasteiger partial charge in [-0.15, -0.1) is 0 Å². The van der Waals surface area contributed by atoms with E-state index < -0.39 is 0 Å². The summed E-state index contributed by atoms with van der Waals surface area (Å²) < 4.78 is 10.6. The van der Waals surface area contributed by atoms with Crippen LogP contribution in [-0.4, -0.2) is 24.2 Å². The van der Waals surface area contributed by atoms with Gasteiger partial charge in [0.05, 0.1) is 12.2 Å². The first kappa shape index (κ1) is 15.3. The third-order valence-electron chi connectivity index (χ3n) is 3.49. The average Bonchev–Trinajstić information content (AvgIpc) is 3.05. The van der Waals surface area contributed by atoms with Crippen LogP contribution >= 0.6 is 0 Å². The Morgan fingerprint density at radius 3 is 2.91 bits per heavy atom. The number of nitrogens with zero attached hydrogens (tertiary/aromatic N) is 1. The molecule has 0 spiro atoms. The van der Waals surface area contributed by atoms with Gasteiger partial charge in [-0.1, -0.05) is 12.1 Å². The molecule has 0 unspecified atom stereocenters. The van der Waals surface area contributed by atoms with Crippen LogP contribution in [0.3, 0.4) is 0 Å². The number of benzene rings is 1. The minimum absolute atomic E-state index is 0.00818. The molecule has 120 valence electrons. The highest BCUT2D eigenvalue weighted by molar-refractivity contribution is 5.75. The summed E-state index contributed by atoms with van der Waals surface area (Å²) in [5.41, 5.74) is 1.96. The number of fused-ring (bicyclic) bond motifs is 1. The molecule has 1 aliphatic heterocycles. The van der Waals surface area contributed by atoms with Crippen LogP contribution in [0.5, 0.6) is 11.5 Å². The van der Waals surface area contributed by atoms with Crippen molar-refractivity contribution in [2.75, 3.05) is 13.3 Å². The van der Waals surface area contributed by atoms with Gasteiger partial charge in [0.15, 0.2) is 11.5 Å². The molecule has 1 amide bonds. The lowest BCUT2D eigenvalue weighted by Crippen LogP contribution is -2.27. The molecule has 6 nitrogen and oxygen atoms in total. The molecule has 0 saturated carbocycles. The number of rotatable bonds is 7. The van der Waals surface area contributed by atoms with Gasteiger partial charge >= 0.3 is 0 Å². The lowest BCUT2D eigenvalue weighted by Gasteiger charge is -2.07. The summed E-state index contributed by atoms with van der Waals surface area (Å²) in [5.74, 6) is 1.56. The smallest absolute Gasteiger partial charge is 0.231 e. The van der Waals surface area contributed by atoms with Crippen molar-refractivity contribution in [3.05, 3.63) is 53.9 Å². The summed E-state index contributed by atoms with van der Waals surface area (Å²) in [4.78, 5) is 15.9. The van der Waals surface area contributed by atoms with E-state index in [2.05, 4.69) is 15.6 Å². The van der Waals surface area contributed by atoms with E-state index in [9.17, 15) is 4.79 Å². The number of hydrogen-bond donors (Lipinski definition) is 2. The number of carbonyl (C=O) groups is 1. The Balaban J connectivity index is 1.34. The van der Waals surface area contributed by atoms with E-state index in [4.69, 9.17) is 9.47 Å². The van der Waals surface area contributed by atoms with Crippen LogP contribution < -0.4 is 20.1 Å². The second-order valence-corrected chi connectivity index (χ2v) is 5.21. The molecule has 0 saturated heterocycles. The molecule has 0 atom stereocenters. The van der Waals surface area contributed by atoms with Crippen molar-refractivity contribution in [1.82, 2.24) is 15.6 Å². The van der Waals surface area contributed by atoms with Crippen LogP contribution in [0.1, 0.15) is 17.7 Å². The molecular weight excluding hydrogens is 294 g/mol. The van der Waals surface area contributed by atoms with Gasteiger partial charge in [-0.05, 0) is 29.8 Å². The van der Waals surface area contributed by atoms with E-state index in [-0.39, 0.29) is 12.7 Å². The number of amides is 1. The van der Waals surface area contributed by atoms with E-state index in [0.29, 0.717) is 26.1 Å². The van der Waals surface area contributed by atoms with Crippen LogP contribution in [0.2, 0.25) is 0 Å². The molecule has 0 bridgehead atoms. The highest BCUT2D eigenvalue weighted by Crippen LogP contribution is 2.32. The number of carbonyl (C=O) groups excluding carboxylic acids is 1. The van der Waals surface area contributed by atoms with E-state index in [1.54, 1.807) is 6.20 Å². The van der Waals surface area contributed by atoms with Crippen LogP contribution in [0.4, 0.5) is 0 Å². The van der Waals surface area contributed by atoms with Gasteiger partial charge in [0.2, 0.25) is 12.7 Å². The Kier molecular flexibility index (Phi) is 5.06. The zero-order valence-corrected chi connectivity index (χ0v) is 12.7. The lowest BCUT2D eigenvalue weighted by atomic mass is 10.2. The fraction of sp³-hybridized carbons (Fsp3) is 0.294. The van der Waals surface area contributed by atoms with Gasteiger partial charge in [0.25, 0.3) is 0 Å². The number of aromatic nitrogens is 1. The van der Waals surface area contributed by atoms with E-state index in [1.165, 1.54) is 0 Å². The Bertz CT molecular complexity index is 661. The largest absolute Gasteiger partial charge is 0.454 e. The summed E-state index contributed by atoms with van der Waals surface area (Å²) in [7, 11) is 0. The number of hydrogen-bond acceptors (Lipinski definition) is 5. The minimum Gasteiger partial charge on any atom is -0.454 e. The number of ether oxygens (including phenoxy) is 2. The highest BCUT2D eigenvalue weighted by Gasteiger charge is 2.12. The predicted molar refractivity (Wildman–Crippen MR) is 85.0 cm³/mol. The predicted octanol–water partition coefficient (Wildman–Crippen LogP) is 1.61. The van der Waals surface area contributed by atoms with Gasteiger partial charge in [-0.3, -0.25) is 9.78 Å². The first-order chi connectivity index (χ1) is 11.3. The minimum atomic E-state index is 0.00818. The molecule has 0 fully saturated rings. The topological polar surface area (TPSA) is 72.5 Å². The maximum atomic E-state index is 11.8. The van der Waals surface area contributed by atoms with E-state index in [1.807, 2.05) is 36.4 Å². The molecule has 23 heavy (non-hydrogen) atoms. The molecule has 2 aromatic rings. The summed E-state index contributed by atoms with van der Waals surface area (Å²) in [5, 5.41) is 6.10. The van der Waals surface area contributed by atoms with Crippen molar-refractivity contribution in [2.24, 2.45) is 0 Å². The number of pyridine rings is 1. The van der Waals surface area contributed by atoms with Crippen molar-refractivity contribution in [2.45, 2.75) is 19.5 Å². The van der Waals surface area contributed by atoms with Crippen LogP contribution in [-0.2, 0) is 17.9 Å². The molecule has 6 heteroatoms. The third-order valence-corrected chi connectivity index (χ3v) is 3.49. The van der Waals surface area contributed by atoms with E-state index >= 15 is 0 Å². The second kappa shape index (κ2) is 7.60. The first-order valence-electron chi connectivity index (χ1n) is 7.57. The van der Waals surface area contributed by atoms with Crippen molar-refractivity contribution in [3.63, 3.8) is 0 Å². The van der Waals surface area contributed by atoms with Crippen molar-refractivity contribution in [1.29, 1.82) is 0 Å². The molecule has 2 heterocycles. The third kappa shape index (κ3) is 4.43. The normalized spacial score (nSPS) is 12.2. The Labute approximate surface area is 134 Å². The molecule has 0 radical (unpaired) electrons. The summed E-state index contributed by atoms with van der Waals surface area (Å²) in [6, 6.07) is 11.5. The lowest BCUT2D eigenvalue weighted by molar-refractivity contribution is -0.121. The van der Waals surface area contributed by atoms with Gasteiger partial charge < -0.3 is 20.1 Å².